The van der Waals surface area contributed by atoms with Crippen LogP contribution in [0.1, 0.15) is 29.7 Å². The number of aromatic amines is 1. The third-order valence-electron chi connectivity index (χ3n) is 8.28. The number of fused-ring (bicyclic) bond motifs is 3. The van der Waals surface area contributed by atoms with E-state index < -0.39 is 5.60 Å². The van der Waals surface area contributed by atoms with Gasteiger partial charge in [0, 0.05) is 82.4 Å². The Labute approximate surface area is 232 Å². The van der Waals surface area contributed by atoms with Gasteiger partial charge < -0.3 is 23.9 Å². The number of hydrogen-bond donors (Lipinski definition) is 1. The van der Waals surface area contributed by atoms with Gasteiger partial charge in [0.1, 0.15) is 29.7 Å². The Hall–Kier alpha value is -3.46. The number of halogens is 2. The Morgan fingerprint density at radius 3 is 2.50 bits per heavy atom. The molecule has 6 nitrogen and oxygen atoms in total. The molecule has 3 heterocycles. The number of nitrogens with zero attached hydrogens (tertiary/aromatic N) is 1. The second-order valence-corrected chi connectivity index (χ2v) is 10.5. The molecule has 0 radical (unpaired) electrons. The topological polar surface area (TPSA) is 56.0 Å². The van der Waals surface area contributed by atoms with E-state index in [0.29, 0.717) is 45.0 Å². The summed E-state index contributed by atoms with van der Waals surface area (Å²) >= 11 is 0. The van der Waals surface area contributed by atoms with Crippen molar-refractivity contribution in [2.75, 3.05) is 47.1 Å². The van der Waals surface area contributed by atoms with Crippen LogP contribution in [0.15, 0.2) is 54.6 Å². The fraction of sp³-hybridized carbons (Fsp3) is 0.375. The molecule has 1 saturated heterocycles. The van der Waals surface area contributed by atoms with E-state index in [1.54, 1.807) is 32.4 Å². The lowest BCUT2D eigenvalue weighted by molar-refractivity contribution is -0.0950. The number of benzene rings is 3. The maximum atomic E-state index is 14.6. The standard InChI is InChI=1S/C32H34F2N2O4/c1-37-25-18-27(21-3-5-23(33)6-4-21)31-28-20-36(10-7-29(28)35-30(31)19-25)11-14-40-26-16-22(15-24(34)17-26)32(38-2)8-12-39-13-9-32/h3-6,15-19,35H,7-14,20H2,1-2H3. The molecule has 0 bridgehead atoms. The molecule has 40 heavy (non-hydrogen) atoms. The number of aromatic nitrogens is 1. The quantitative estimate of drug-likeness (QED) is 0.284. The van der Waals surface area contributed by atoms with Crippen molar-refractivity contribution in [3.8, 4) is 22.6 Å². The van der Waals surface area contributed by atoms with Crippen LogP contribution in [0.2, 0.25) is 0 Å². The number of H-pyrrole nitrogens is 1. The molecular weight excluding hydrogens is 514 g/mol. The summed E-state index contributed by atoms with van der Waals surface area (Å²) in [5, 5.41) is 1.13. The Bertz CT molecular complexity index is 1500. The molecule has 210 valence electrons. The maximum absolute atomic E-state index is 14.6. The van der Waals surface area contributed by atoms with Crippen LogP contribution in [0.3, 0.4) is 0 Å². The van der Waals surface area contributed by atoms with Crippen molar-refractivity contribution in [3.05, 3.63) is 83.1 Å². The molecule has 0 saturated carbocycles. The second kappa shape index (κ2) is 11.2. The van der Waals surface area contributed by atoms with E-state index in [1.165, 1.54) is 29.5 Å². The van der Waals surface area contributed by atoms with Crippen molar-refractivity contribution < 1.29 is 27.7 Å². The lowest BCUT2D eigenvalue weighted by Gasteiger charge is -2.36. The Morgan fingerprint density at radius 2 is 1.75 bits per heavy atom. The number of nitrogens with one attached hydrogen (secondary N) is 1. The Kier molecular flexibility index (Phi) is 7.49. The Morgan fingerprint density at radius 1 is 0.950 bits per heavy atom. The minimum absolute atomic E-state index is 0.263. The first-order chi connectivity index (χ1) is 19.5. The van der Waals surface area contributed by atoms with Gasteiger partial charge in [0.15, 0.2) is 0 Å². The first-order valence-corrected chi connectivity index (χ1v) is 13.7. The first-order valence-electron chi connectivity index (χ1n) is 13.7. The van der Waals surface area contributed by atoms with Gasteiger partial charge in [-0.2, -0.15) is 0 Å². The van der Waals surface area contributed by atoms with E-state index in [0.717, 1.165) is 52.9 Å². The highest BCUT2D eigenvalue weighted by Gasteiger charge is 2.35. The monoisotopic (exact) mass is 548 g/mol. The van der Waals surface area contributed by atoms with E-state index in [4.69, 9.17) is 18.9 Å². The highest BCUT2D eigenvalue weighted by atomic mass is 19.1. The van der Waals surface area contributed by atoms with E-state index >= 15 is 0 Å². The fourth-order valence-corrected chi connectivity index (χ4v) is 6.07. The SMILES string of the molecule is COc1cc(-c2ccc(F)cc2)c2c3c([nH]c2c1)CCN(CCOc1cc(F)cc(C2(OC)CCOCC2)c1)C3. The van der Waals surface area contributed by atoms with Crippen LogP contribution in [0.4, 0.5) is 8.78 Å². The van der Waals surface area contributed by atoms with Gasteiger partial charge in [0.25, 0.3) is 0 Å². The molecule has 4 aromatic rings. The third kappa shape index (κ3) is 5.19. The number of methoxy groups -OCH3 is 2. The summed E-state index contributed by atoms with van der Waals surface area (Å²) in [5.74, 6) is 0.663. The molecule has 2 aliphatic heterocycles. The van der Waals surface area contributed by atoms with Gasteiger partial charge in [-0.25, -0.2) is 8.78 Å². The zero-order valence-electron chi connectivity index (χ0n) is 22.9. The zero-order valence-corrected chi connectivity index (χ0v) is 22.9. The number of rotatable bonds is 8. The van der Waals surface area contributed by atoms with Crippen LogP contribution in [-0.4, -0.2) is 57.0 Å². The normalized spacial score (nSPS) is 17.1. The summed E-state index contributed by atoms with van der Waals surface area (Å²) in [4.78, 5) is 5.94. The lowest BCUT2D eigenvalue weighted by Crippen LogP contribution is -2.35. The molecule has 6 rings (SSSR count). The molecule has 8 heteroatoms. The predicted octanol–water partition coefficient (Wildman–Crippen LogP) is 6.21. The smallest absolute Gasteiger partial charge is 0.127 e. The largest absolute Gasteiger partial charge is 0.497 e. The predicted molar refractivity (Wildman–Crippen MR) is 150 cm³/mol. The molecule has 1 fully saturated rings. The van der Waals surface area contributed by atoms with Crippen molar-refractivity contribution in [2.24, 2.45) is 0 Å². The van der Waals surface area contributed by atoms with Crippen molar-refractivity contribution in [2.45, 2.75) is 31.4 Å². The van der Waals surface area contributed by atoms with Gasteiger partial charge in [-0.15, -0.1) is 0 Å². The molecule has 0 spiro atoms. The molecule has 1 aromatic heterocycles. The molecule has 0 unspecified atom stereocenters. The second-order valence-electron chi connectivity index (χ2n) is 10.5. The first kappa shape index (κ1) is 26.7. The fourth-order valence-electron chi connectivity index (χ4n) is 6.07. The van der Waals surface area contributed by atoms with Crippen LogP contribution in [0.5, 0.6) is 11.5 Å². The molecule has 1 N–H and O–H groups in total. The average Bonchev–Trinajstić information content (AvgIpc) is 3.35. The van der Waals surface area contributed by atoms with E-state index in [2.05, 4.69) is 9.88 Å². The summed E-state index contributed by atoms with van der Waals surface area (Å²) in [6.45, 7) is 3.93. The van der Waals surface area contributed by atoms with Crippen LogP contribution < -0.4 is 9.47 Å². The lowest BCUT2D eigenvalue weighted by atomic mass is 9.86. The third-order valence-corrected chi connectivity index (χ3v) is 8.28. The van der Waals surface area contributed by atoms with Crippen molar-refractivity contribution >= 4 is 10.9 Å². The van der Waals surface area contributed by atoms with Gasteiger partial charge >= 0.3 is 0 Å². The van der Waals surface area contributed by atoms with E-state index in [1.807, 2.05) is 18.2 Å². The zero-order chi connectivity index (χ0) is 27.7. The molecule has 3 aromatic carbocycles. The maximum Gasteiger partial charge on any atom is 0.127 e. The highest BCUT2D eigenvalue weighted by molar-refractivity contribution is 5.99. The van der Waals surface area contributed by atoms with E-state index in [-0.39, 0.29) is 11.6 Å². The molecule has 2 aliphatic rings. The summed E-state index contributed by atoms with van der Waals surface area (Å²) in [6.07, 6.45) is 2.23. The summed E-state index contributed by atoms with van der Waals surface area (Å²) in [6, 6.07) is 15.5. The van der Waals surface area contributed by atoms with Gasteiger partial charge in [-0.1, -0.05) is 12.1 Å². The van der Waals surface area contributed by atoms with Crippen LogP contribution >= 0.6 is 0 Å². The minimum Gasteiger partial charge on any atom is -0.497 e. The minimum atomic E-state index is -0.554. The Balaban J connectivity index is 1.20. The van der Waals surface area contributed by atoms with Crippen molar-refractivity contribution in [3.63, 3.8) is 0 Å². The number of ether oxygens (including phenoxy) is 4. The average molecular weight is 549 g/mol. The van der Waals surface area contributed by atoms with Gasteiger partial charge in [0.05, 0.1) is 18.2 Å². The summed E-state index contributed by atoms with van der Waals surface area (Å²) in [7, 11) is 3.32. The van der Waals surface area contributed by atoms with E-state index in [9.17, 15) is 8.78 Å². The van der Waals surface area contributed by atoms with Crippen molar-refractivity contribution in [1.29, 1.82) is 0 Å². The molecule has 0 atom stereocenters. The molecule has 0 amide bonds. The van der Waals surface area contributed by atoms with Crippen LogP contribution in [-0.2, 0) is 28.0 Å². The summed E-state index contributed by atoms with van der Waals surface area (Å²) in [5.41, 5.74) is 5.64. The van der Waals surface area contributed by atoms with Gasteiger partial charge in [-0.05, 0) is 52.6 Å². The van der Waals surface area contributed by atoms with Crippen LogP contribution in [0.25, 0.3) is 22.0 Å². The number of hydrogen-bond acceptors (Lipinski definition) is 5. The van der Waals surface area contributed by atoms with Crippen molar-refractivity contribution in [1.82, 2.24) is 9.88 Å². The van der Waals surface area contributed by atoms with Crippen LogP contribution in [0, 0.1) is 11.6 Å². The molecular formula is C32H34F2N2O4. The van der Waals surface area contributed by atoms with Gasteiger partial charge in [-0.3, -0.25) is 4.90 Å². The van der Waals surface area contributed by atoms with Gasteiger partial charge in [0.2, 0.25) is 0 Å². The summed E-state index contributed by atoms with van der Waals surface area (Å²) < 4.78 is 51.3. The molecule has 0 aliphatic carbocycles. The highest BCUT2D eigenvalue weighted by Crippen LogP contribution is 2.39.